The van der Waals surface area contributed by atoms with Crippen LogP contribution in [0.25, 0.3) is 0 Å². The van der Waals surface area contributed by atoms with E-state index in [1.807, 2.05) is 18.2 Å². The lowest BCUT2D eigenvalue weighted by Crippen LogP contribution is -2.36. The van der Waals surface area contributed by atoms with Gasteiger partial charge >= 0.3 is 0 Å². The van der Waals surface area contributed by atoms with Crippen LogP contribution in [0.1, 0.15) is 6.42 Å². The minimum atomic E-state index is -0.446. The molecular weight excluding hydrogens is 428 g/mol. The molecule has 9 heteroatoms. The lowest BCUT2D eigenvalue weighted by Gasteiger charge is -2.30. The standard InChI is InChI=1S/C19H21BrN4O4/c20-14-5-6-17(23-9-11-28-12-10-23)16(13-14)22-19(25)7-8-21-15-3-1-2-4-18(15)24(26)27/h1-6,13,21H,7-12H2,(H,22,25). The second kappa shape index (κ2) is 9.52. The third-order valence-electron chi connectivity index (χ3n) is 4.35. The molecule has 1 aliphatic heterocycles. The molecule has 1 aliphatic rings. The molecule has 1 heterocycles. The van der Waals surface area contributed by atoms with Crippen LogP contribution < -0.4 is 15.5 Å². The number of nitro groups is 1. The fourth-order valence-electron chi connectivity index (χ4n) is 2.99. The largest absolute Gasteiger partial charge is 0.379 e. The average Bonchev–Trinajstić information content (AvgIpc) is 2.69. The first-order valence-electron chi connectivity index (χ1n) is 8.94. The Balaban J connectivity index is 1.61. The molecule has 1 saturated heterocycles. The number of nitrogens with zero attached hydrogens (tertiary/aromatic N) is 2. The minimum Gasteiger partial charge on any atom is -0.379 e. The number of anilines is 3. The normalized spacial score (nSPS) is 13.8. The van der Waals surface area contributed by atoms with Gasteiger partial charge in [0.05, 0.1) is 29.5 Å². The number of para-hydroxylation sites is 2. The maximum Gasteiger partial charge on any atom is 0.292 e. The molecule has 0 unspecified atom stereocenters. The van der Waals surface area contributed by atoms with Crippen molar-refractivity contribution in [3.05, 3.63) is 57.1 Å². The highest BCUT2D eigenvalue weighted by Crippen LogP contribution is 2.30. The summed E-state index contributed by atoms with van der Waals surface area (Å²) in [6.07, 6.45) is 0.182. The number of carbonyl (C=O) groups is 1. The number of amides is 1. The lowest BCUT2D eigenvalue weighted by molar-refractivity contribution is -0.384. The number of halogens is 1. The molecule has 2 aromatic rings. The Morgan fingerprint density at radius 3 is 2.68 bits per heavy atom. The first-order valence-corrected chi connectivity index (χ1v) is 9.73. The summed E-state index contributed by atoms with van der Waals surface area (Å²) in [6, 6.07) is 12.2. The quantitative estimate of drug-likeness (QED) is 0.495. The molecule has 0 spiro atoms. The Morgan fingerprint density at radius 1 is 1.18 bits per heavy atom. The molecule has 0 aromatic heterocycles. The molecule has 0 saturated carbocycles. The monoisotopic (exact) mass is 448 g/mol. The van der Waals surface area contributed by atoms with Crippen molar-refractivity contribution in [2.24, 2.45) is 0 Å². The van der Waals surface area contributed by atoms with E-state index in [1.165, 1.54) is 6.07 Å². The second-order valence-corrected chi connectivity index (χ2v) is 7.18. The Kier molecular flexibility index (Phi) is 6.83. The van der Waals surface area contributed by atoms with Crippen molar-refractivity contribution in [3.63, 3.8) is 0 Å². The predicted molar refractivity (Wildman–Crippen MR) is 112 cm³/mol. The summed E-state index contributed by atoms with van der Waals surface area (Å²) in [5.74, 6) is -0.168. The van der Waals surface area contributed by atoms with Gasteiger partial charge in [-0.25, -0.2) is 0 Å². The first kappa shape index (κ1) is 20.1. The Morgan fingerprint density at radius 2 is 1.93 bits per heavy atom. The zero-order valence-corrected chi connectivity index (χ0v) is 16.8. The molecule has 3 rings (SSSR count). The number of hydrogen-bond donors (Lipinski definition) is 2. The molecule has 8 nitrogen and oxygen atoms in total. The molecule has 2 aromatic carbocycles. The maximum atomic E-state index is 12.4. The molecule has 1 amide bonds. The summed E-state index contributed by atoms with van der Waals surface area (Å²) >= 11 is 3.44. The van der Waals surface area contributed by atoms with Gasteiger partial charge in [-0.05, 0) is 24.3 Å². The third kappa shape index (κ3) is 5.20. The van der Waals surface area contributed by atoms with Crippen LogP contribution in [0, 0.1) is 10.1 Å². The van der Waals surface area contributed by atoms with Gasteiger partial charge in [0.15, 0.2) is 0 Å². The summed E-state index contributed by atoms with van der Waals surface area (Å²) in [6.45, 7) is 3.14. The number of nitro benzene ring substituents is 1. The number of benzene rings is 2. The highest BCUT2D eigenvalue weighted by atomic mass is 79.9. The van der Waals surface area contributed by atoms with Crippen LogP contribution in [0.5, 0.6) is 0 Å². The van der Waals surface area contributed by atoms with Crippen molar-refractivity contribution in [1.29, 1.82) is 0 Å². The average molecular weight is 449 g/mol. The maximum absolute atomic E-state index is 12.4. The Labute approximate surface area is 171 Å². The van der Waals surface area contributed by atoms with Gasteiger partial charge in [0.2, 0.25) is 5.91 Å². The second-order valence-electron chi connectivity index (χ2n) is 6.26. The molecule has 0 atom stereocenters. The van der Waals surface area contributed by atoms with Gasteiger partial charge in [0.25, 0.3) is 5.69 Å². The Hall–Kier alpha value is -2.65. The van der Waals surface area contributed by atoms with Crippen LogP contribution in [0.15, 0.2) is 46.9 Å². The number of carbonyl (C=O) groups excluding carboxylic acids is 1. The van der Waals surface area contributed by atoms with E-state index in [2.05, 4.69) is 31.5 Å². The SMILES string of the molecule is O=C(CCNc1ccccc1[N+](=O)[O-])Nc1cc(Br)ccc1N1CCOCC1. The van der Waals surface area contributed by atoms with Crippen LogP contribution in [-0.2, 0) is 9.53 Å². The van der Waals surface area contributed by atoms with E-state index in [9.17, 15) is 14.9 Å². The summed E-state index contributed by atoms with van der Waals surface area (Å²) in [7, 11) is 0. The van der Waals surface area contributed by atoms with E-state index >= 15 is 0 Å². The van der Waals surface area contributed by atoms with E-state index in [-0.39, 0.29) is 24.6 Å². The van der Waals surface area contributed by atoms with Crippen LogP contribution in [0.2, 0.25) is 0 Å². The number of nitrogens with one attached hydrogen (secondary N) is 2. The fraction of sp³-hybridized carbons (Fsp3) is 0.316. The molecule has 0 bridgehead atoms. The first-order chi connectivity index (χ1) is 13.5. The van der Waals surface area contributed by atoms with Gasteiger partial charge in [-0.1, -0.05) is 28.1 Å². The zero-order chi connectivity index (χ0) is 19.9. The number of hydrogen-bond acceptors (Lipinski definition) is 6. The highest BCUT2D eigenvalue weighted by Gasteiger charge is 2.17. The minimum absolute atomic E-state index is 0.00972. The van der Waals surface area contributed by atoms with Gasteiger partial charge in [-0.15, -0.1) is 0 Å². The van der Waals surface area contributed by atoms with E-state index in [0.29, 0.717) is 18.9 Å². The van der Waals surface area contributed by atoms with Gasteiger partial charge in [0.1, 0.15) is 5.69 Å². The molecule has 0 aliphatic carbocycles. The highest BCUT2D eigenvalue weighted by molar-refractivity contribution is 9.10. The number of rotatable bonds is 7. The van der Waals surface area contributed by atoms with Crippen LogP contribution in [0.3, 0.4) is 0 Å². The summed E-state index contributed by atoms with van der Waals surface area (Å²) in [5, 5.41) is 17.0. The summed E-state index contributed by atoms with van der Waals surface area (Å²) in [4.78, 5) is 25.2. The Bertz CT molecular complexity index is 856. The summed E-state index contributed by atoms with van der Waals surface area (Å²) < 4.78 is 6.27. The van der Waals surface area contributed by atoms with Crippen molar-refractivity contribution in [2.45, 2.75) is 6.42 Å². The van der Waals surface area contributed by atoms with Gasteiger partial charge in [-0.2, -0.15) is 0 Å². The zero-order valence-electron chi connectivity index (χ0n) is 15.2. The van der Waals surface area contributed by atoms with Gasteiger partial charge < -0.3 is 20.3 Å². The van der Waals surface area contributed by atoms with Crippen molar-refractivity contribution >= 4 is 44.6 Å². The number of morpholine rings is 1. The van der Waals surface area contributed by atoms with E-state index in [0.717, 1.165) is 28.9 Å². The van der Waals surface area contributed by atoms with Crippen LogP contribution >= 0.6 is 15.9 Å². The molecule has 0 radical (unpaired) electrons. The number of ether oxygens (including phenoxy) is 1. The van der Waals surface area contributed by atoms with Crippen molar-refractivity contribution in [1.82, 2.24) is 0 Å². The van der Waals surface area contributed by atoms with E-state index in [4.69, 9.17) is 4.74 Å². The smallest absolute Gasteiger partial charge is 0.292 e. The topological polar surface area (TPSA) is 96.7 Å². The molecule has 1 fully saturated rings. The van der Waals surface area contributed by atoms with Crippen LogP contribution in [0.4, 0.5) is 22.7 Å². The van der Waals surface area contributed by atoms with E-state index < -0.39 is 4.92 Å². The van der Waals surface area contributed by atoms with Crippen LogP contribution in [-0.4, -0.2) is 43.7 Å². The molecule has 2 N–H and O–H groups in total. The van der Waals surface area contributed by atoms with Crippen molar-refractivity contribution in [3.8, 4) is 0 Å². The molecular formula is C19H21BrN4O4. The van der Waals surface area contributed by atoms with E-state index in [1.54, 1.807) is 18.2 Å². The fourth-order valence-corrected chi connectivity index (χ4v) is 3.36. The summed E-state index contributed by atoms with van der Waals surface area (Å²) in [5.41, 5.74) is 2.07. The molecule has 28 heavy (non-hydrogen) atoms. The predicted octanol–water partition coefficient (Wildman–Crippen LogP) is 3.63. The third-order valence-corrected chi connectivity index (χ3v) is 4.85. The van der Waals surface area contributed by atoms with Crippen molar-refractivity contribution in [2.75, 3.05) is 48.4 Å². The van der Waals surface area contributed by atoms with Gasteiger partial charge in [0, 0.05) is 36.6 Å². The molecule has 148 valence electrons. The lowest BCUT2D eigenvalue weighted by atomic mass is 10.2. The van der Waals surface area contributed by atoms with Crippen molar-refractivity contribution < 1.29 is 14.5 Å². The van der Waals surface area contributed by atoms with Gasteiger partial charge in [-0.3, -0.25) is 14.9 Å².